The highest BCUT2D eigenvalue weighted by molar-refractivity contribution is 7.15. The Kier molecular flexibility index (Phi) is 3.43. The molecule has 0 radical (unpaired) electrons. The molecule has 0 atom stereocenters. The molecule has 0 amide bonds. The van der Waals surface area contributed by atoms with Gasteiger partial charge >= 0.3 is 0 Å². The number of carbonyl (C=O) groups is 1. The van der Waals surface area contributed by atoms with Crippen molar-refractivity contribution in [1.29, 1.82) is 0 Å². The quantitative estimate of drug-likeness (QED) is 0.713. The Hall–Kier alpha value is -1.41. The Morgan fingerprint density at radius 1 is 1.18 bits per heavy atom. The van der Waals surface area contributed by atoms with Gasteiger partial charge in [0.2, 0.25) is 0 Å². The van der Waals surface area contributed by atoms with E-state index in [0.717, 1.165) is 11.1 Å². The van der Waals surface area contributed by atoms with Gasteiger partial charge in [0.05, 0.1) is 0 Å². The van der Waals surface area contributed by atoms with E-state index in [2.05, 4.69) is 32.0 Å². The predicted octanol–water partition coefficient (Wildman–Crippen LogP) is 4.74. The zero-order valence-electron chi connectivity index (χ0n) is 10.4. The number of hydrogen-bond donors (Lipinski definition) is 0. The van der Waals surface area contributed by atoms with E-state index in [0.29, 0.717) is 5.92 Å². The van der Waals surface area contributed by atoms with Crippen molar-refractivity contribution in [3.05, 3.63) is 46.8 Å². The molecule has 0 aliphatic rings. The molecule has 17 heavy (non-hydrogen) atoms. The van der Waals surface area contributed by atoms with Crippen LogP contribution in [0.5, 0.6) is 0 Å². The summed E-state index contributed by atoms with van der Waals surface area (Å²) in [6, 6.07) is 12.1. The van der Waals surface area contributed by atoms with Crippen LogP contribution in [0.4, 0.5) is 0 Å². The molecule has 0 unspecified atom stereocenters. The van der Waals surface area contributed by atoms with E-state index < -0.39 is 0 Å². The van der Waals surface area contributed by atoms with Crippen LogP contribution < -0.4 is 0 Å². The first-order valence-electron chi connectivity index (χ1n) is 5.79. The molecule has 2 aromatic rings. The van der Waals surface area contributed by atoms with Crippen molar-refractivity contribution < 1.29 is 4.79 Å². The lowest BCUT2D eigenvalue weighted by Crippen LogP contribution is -1.90. The average molecular weight is 244 g/mol. The SMILES string of the molecule is CC(=O)c1cccc(-c2ccc(C(C)C)s2)c1. The first kappa shape index (κ1) is 12.1. The fourth-order valence-electron chi connectivity index (χ4n) is 1.71. The van der Waals surface area contributed by atoms with Crippen molar-refractivity contribution in [3.63, 3.8) is 0 Å². The highest BCUT2D eigenvalue weighted by Crippen LogP contribution is 2.32. The van der Waals surface area contributed by atoms with E-state index in [9.17, 15) is 4.79 Å². The number of carbonyl (C=O) groups excluding carboxylic acids is 1. The molecule has 2 heteroatoms. The van der Waals surface area contributed by atoms with Crippen LogP contribution in [-0.4, -0.2) is 5.78 Å². The Balaban J connectivity index is 2.38. The number of benzene rings is 1. The molecule has 0 saturated carbocycles. The van der Waals surface area contributed by atoms with Gasteiger partial charge in [-0.15, -0.1) is 11.3 Å². The second-order valence-electron chi connectivity index (χ2n) is 4.49. The summed E-state index contributed by atoms with van der Waals surface area (Å²) in [5, 5.41) is 0. The summed E-state index contributed by atoms with van der Waals surface area (Å²) in [5.74, 6) is 0.678. The van der Waals surface area contributed by atoms with Gasteiger partial charge in [0, 0.05) is 15.3 Å². The van der Waals surface area contributed by atoms with Crippen molar-refractivity contribution in [2.75, 3.05) is 0 Å². The van der Waals surface area contributed by atoms with Crippen LogP contribution in [0, 0.1) is 0 Å². The molecule has 1 nitrogen and oxygen atoms in total. The van der Waals surface area contributed by atoms with E-state index in [4.69, 9.17) is 0 Å². The molecule has 0 saturated heterocycles. The summed E-state index contributed by atoms with van der Waals surface area (Å²) < 4.78 is 0. The van der Waals surface area contributed by atoms with Gasteiger partial charge in [-0.2, -0.15) is 0 Å². The first-order chi connectivity index (χ1) is 8.08. The zero-order chi connectivity index (χ0) is 12.4. The molecule has 1 aromatic carbocycles. The molecule has 0 bridgehead atoms. The maximum absolute atomic E-state index is 11.3. The minimum absolute atomic E-state index is 0.118. The summed E-state index contributed by atoms with van der Waals surface area (Å²) in [6.45, 7) is 6.00. The molecule has 0 N–H and O–H groups in total. The summed E-state index contributed by atoms with van der Waals surface area (Å²) in [4.78, 5) is 14.0. The van der Waals surface area contributed by atoms with Gasteiger partial charge in [0.25, 0.3) is 0 Å². The average Bonchev–Trinajstić information content (AvgIpc) is 2.78. The third kappa shape index (κ3) is 2.64. The molecular formula is C15H16OS. The third-order valence-corrected chi connectivity index (χ3v) is 4.18. The lowest BCUT2D eigenvalue weighted by atomic mass is 10.1. The minimum Gasteiger partial charge on any atom is -0.295 e. The van der Waals surface area contributed by atoms with Crippen LogP contribution in [0.15, 0.2) is 36.4 Å². The number of ketones is 1. The summed E-state index contributed by atoms with van der Waals surface area (Å²) in [7, 11) is 0. The lowest BCUT2D eigenvalue weighted by Gasteiger charge is -2.01. The second kappa shape index (κ2) is 4.84. The Bertz CT molecular complexity index is 537. The number of Topliss-reactive ketones (excluding diaryl/α,β-unsaturated/α-hetero) is 1. The Labute approximate surface area is 106 Å². The van der Waals surface area contributed by atoms with E-state index in [1.165, 1.54) is 9.75 Å². The first-order valence-corrected chi connectivity index (χ1v) is 6.60. The third-order valence-electron chi connectivity index (χ3n) is 2.75. The lowest BCUT2D eigenvalue weighted by molar-refractivity contribution is 0.101. The molecule has 0 aliphatic heterocycles. The monoisotopic (exact) mass is 244 g/mol. The van der Waals surface area contributed by atoms with Gasteiger partial charge in [0.15, 0.2) is 5.78 Å². The van der Waals surface area contributed by atoms with E-state index in [-0.39, 0.29) is 5.78 Å². The van der Waals surface area contributed by atoms with Crippen LogP contribution in [0.2, 0.25) is 0 Å². The van der Waals surface area contributed by atoms with Gasteiger partial charge in [0.1, 0.15) is 0 Å². The van der Waals surface area contributed by atoms with Crippen LogP contribution >= 0.6 is 11.3 Å². The molecule has 1 aromatic heterocycles. The minimum atomic E-state index is 0.118. The van der Waals surface area contributed by atoms with Crippen LogP contribution in [0.25, 0.3) is 10.4 Å². The topological polar surface area (TPSA) is 17.1 Å². The van der Waals surface area contributed by atoms with Gasteiger partial charge < -0.3 is 0 Å². The molecule has 0 fully saturated rings. The highest BCUT2D eigenvalue weighted by Gasteiger charge is 2.07. The second-order valence-corrected chi connectivity index (χ2v) is 5.61. The maximum atomic E-state index is 11.3. The molecule has 0 spiro atoms. The largest absolute Gasteiger partial charge is 0.295 e. The summed E-state index contributed by atoms with van der Waals surface area (Å²) in [6.07, 6.45) is 0. The molecule has 88 valence electrons. The Morgan fingerprint density at radius 2 is 1.94 bits per heavy atom. The van der Waals surface area contributed by atoms with Crippen molar-refractivity contribution in [1.82, 2.24) is 0 Å². The smallest absolute Gasteiger partial charge is 0.159 e. The molecule has 0 aliphatic carbocycles. The predicted molar refractivity (Wildman–Crippen MR) is 73.8 cm³/mol. The fourth-order valence-corrected chi connectivity index (χ4v) is 2.72. The van der Waals surface area contributed by atoms with Crippen LogP contribution in [-0.2, 0) is 0 Å². The maximum Gasteiger partial charge on any atom is 0.159 e. The van der Waals surface area contributed by atoms with Gasteiger partial charge in [-0.1, -0.05) is 32.0 Å². The number of thiophene rings is 1. The van der Waals surface area contributed by atoms with E-state index in [1.54, 1.807) is 18.3 Å². The van der Waals surface area contributed by atoms with Crippen LogP contribution in [0.3, 0.4) is 0 Å². The van der Waals surface area contributed by atoms with Crippen molar-refractivity contribution >= 4 is 17.1 Å². The number of hydrogen-bond acceptors (Lipinski definition) is 2. The fraction of sp³-hybridized carbons (Fsp3) is 0.267. The highest BCUT2D eigenvalue weighted by atomic mass is 32.1. The standard InChI is InChI=1S/C15H16OS/c1-10(2)14-7-8-15(17-14)13-6-4-5-12(9-13)11(3)16/h4-10H,1-3H3. The van der Waals surface area contributed by atoms with E-state index in [1.807, 2.05) is 18.2 Å². The molecular weight excluding hydrogens is 228 g/mol. The van der Waals surface area contributed by atoms with Crippen LogP contribution in [0.1, 0.15) is 41.9 Å². The van der Waals surface area contributed by atoms with Gasteiger partial charge in [-0.05, 0) is 36.6 Å². The normalized spacial score (nSPS) is 10.8. The molecule has 2 rings (SSSR count). The van der Waals surface area contributed by atoms with Crippen molar-refractivity contribution in [2.45, 2.75) is 26.7 Å². The van der Waals surface area contributed by atoms with Gasteiger partial charge in [-0.3, -0.25) is 4.79 Å². The summed E-state index contributed by atoms with van der Waals surface area (Å²) >= 11 is 1.80. The summed E-state index contributed by atoms with van der Waals surface area (Å²) in [5.41, 5.74) is 1.91. The Morgan fingerprint density at radius 3 is 2.53 bits per heavy atom. The van der Waals surface area contributed by atoms with Gasteiger partial charge in [-0.25, -0.2) is 0 Å². The molecule has 1 heterocycles. The number of rotatable bonds is 3. The zero-order valence-corrected chi connectivity index (χ0v) is 11.2. The van der Waals surface area contributed by atoms with Crippen molar-refractivity contribution in [2.24, 2.45) is 0 Å². The van der Waals surface area contributed by atoms with Crippen molar-refractivity contribution in [3.8, 4) is 10.4 Å². The van der Waals surface area contributed by atoms with E-state index >= 15 is 0 Å².